The van der Waals surface area contributed by atoms with Crippen molar-refractivity contribution in [3.8, 4) is 0 Å². The maximum Gasteiger partial charge on any atom is 0.121 e. The number of rotatable bonds is 3. The third-order valence-corrected chi connectivity index (χ3v) is 2.65. The predicted octanol–water partition coefficient (Wildman–Crippen LogP) is 3.86. The molecule has 1 aliphatic rings. The van der Waals surface area contributed by atoms with Crippen LogP contribution in [-0.4, -0.2) is 24.2 Å². The quantitative estimate of drug-likeness (QED) is 0.662. The smallest absolute Gasteiger partial charge is 0.121 e. The highest BCUT2D eigenvalue weighted by atomic mass is 15.2. The lowest BCUT2D eigenvalue weighted by molar-refractivity contribution is 0.237. The molecule has 0 spiro atoms. The monoisotopic (exact) mass is 222 g/mol. The first kappa shape index (κ1) is 14.9. The van der Waals surface area contributed by atoms with E-state index in [4.69, 9.17) is 0 Å². The normalized spacial score (nSPS) is 17.6. The average molecular weight is 222 g/mol. The van der Waals surface area contributed by atoms with Crippen molar-refractivity contribution in [1.82, 2.24) is 4.90 Å². The van der Waals surface area contributed by atoms with Crippen LogP contribution in [0.15, 0.2) is 29.5 Å². The fraction of sp³-hybridized carbons (Fsp3) is 0.643. The first-order chi connectivity index (χ1) is 7.74. The molecule has 2 heteroatoms. The molecule has 0 N–H and O–H groups in total. The van der Waals surface area contributed by atoms with Crippen molar-refractivity contribution < 1.29 is 0 Å². The Hall–Kier alpha value is -1.05. The zero-order valence-electron chi connectivity index (χ0n) is 11.2. The molecule has 0 aromatic carbocycles. The summed E-state index contributed by atoms with van der Waals surface area (Å²) in [4.78, 5) is 6.55. The Labute approximate surface area is 101 Å². The molecule has 0 unspecified atom stereocenters. The minimum absolute atomic E-state index is 0.860. The predicted molar refractivity (Wildman–Crippen MR) is 73.8 cm³/mol. The van der Waals surface area contributed by atoms with E-state index in [1.54, 1.807) is 6.21 Å². The SMILES string of the molecule is C=C(/N=C\C=C/C)N1CCC(C)CC1.CC. The largest absolute Gasteiger partial charge is 0.357 e. The maximum atomic E-state index is 4.28. The van der Waals surface area contributed by atoms with Crippen LogP contribution in [0, 0.1) is 5.92 Å². The lowest BCUT2D eigenvalue weighted by Gasteiger charge is -2.31. The van der Waals surface area contributed by atoms with Gasteiger partial charge in [0.05, 0.1) is 0 Å². The zero-order valence-corrected chi connectivity index (χ0v) is 11.2. The molecule has 0 radical (unpaired) electrons. The molecule has 92 valence electrons. The molecular weight excluding hydrogens is 196 g/mol. The van der Waals surface area contributed by atoms with Gasteiger partial charge < -0.3 is 4.90 Å². The molecule has 1 rings (SSSR count). The van der Waals surface area contributed by atoms with Gasteiger partial charge in [-0.2, -0.15) is 0 Å². The van der Waals surface area contributed by atoms with E-state index >= 15 is 0 Å². The van der Waals surface area contributed by atoms with Crippen LogP contribution in [0.2, 0.25) is 0 Å². The number of hydrogen-bond acceptors (Lipinski definition) is 2. The number of likely N-dealkylation sites (tertiary alicyclic amines) is 1. The number of hydrogen-bond donors (Lipinski definition) is 0. The van der Waals surface area contributed by atoms with E-state index in [1.165, 1.54) is 12.8 Å². The molecule has 16 heavy (non-hydrogen) atoms. The van der Waals surface area contributed by atoms with Crippen molar-refractivity contribution in [1.29, 1.82) is 0 Å². The fourth-order valence-electron chi connectivity index (χ4n) is 1.56. The second-order valence-electron chi connectivity index (χ2n) is 3.89. The Balaban J connectivity index is 0.00000106. The average Bonchev–Trinajstić information content (AvgIpc) is 2.33. The molecule has 2 nitrogen and oxygen atoms in total. The molecule has 0 bridgehead atoms. The summed E-state index contributed by atoms with van der Waals surface area (Å²) in [6, 6.07) is 0. The van der Waals surface area contributed by atoms with Gasteiger partial charge >= 0.3 is 0 Å². The number of allylic oxidation sites excluding steroid dienone is 2. The van der Waals surface area contributed by atoms with Gasteiger partial charge in [-0.15, -0.1) is 0 Å². The Morgan fingerprint density at radius 2 is 1.88 bits per heavy atom. The molecule has 0 atom stereocenters. The Morgan fingerprint density at radius 1 is 1.31 bits per heavy atom. The summed E-state index contributed by atoms with van der Waals surface area (Å²) in [5, 5.41) is 0. The van der Waals surface area contributed by atoms with Crippen LogP contribution in [0.5, 0.6) is 0 Å². The van der Waals surface area contributed by atoms with Crippen LogP contribution >= 0.6 is 0 Å². The summed E-state index contributed by atoms with van der Waals surface area (Å²) in [6.45, 7) is 14.5. The second kappa shape index (κ2) is 9.20. The van der Waals surface area contributed by atoms with E-state index < -0.39 is 0 Å². The Morgan fingerprint density at radius 3 is 2.38 bits per heavy atom. The van der Waals surface area contributed by atoms with Gasteiger partial charge in [-0.05, 0) is 31.8 Å². The molecule has 1 fully saturated rings. The van der Waals surface area contributed by atoms with Gasteiger partial charge in [0, 0.05) is 19.3 Å². The summed E-state index contributed by atoms with van der Waals surface area (Å²) >= 11 is 0. The second-order valence-corrected chi connectivity index (χ2v) is 3.89. The van der Waals surface area contributed by atoms with E-state index in [2.05, 4.69) is 23.4 Å². The van der Waals surface area contributed by atoms with Crippen LogP contribution < -0.4 is 0 Å². The Bertz CT molecular complexity index is 233. The number of aliphatic imine (C=N–C) groups is 1. The summed E-state index contributed by atoms with van der Waals surface area (Å²) in [7, 11) is 0. The van der Waals surface area contributed by atoms with Crippen molar-refractivity contribution in [2.75, 3.05) is 13.1 Å². The van der Waals surface area contributed by atoms with Crippen molar-refractivity contribution >= 4 is 6.21 Å². The van der Waals surface area contributed by atoms with Gasteiger partial charge in [-0.3, -0.25) is 0 Å². The van der Waals surface area contributed by atoms with Crippen LogP contribution in [0.25, 0.3) is 0 Å². The van der Waals surface area contributed by atoms with Gasteiger partial charge in [0.15, 0.2) is 0 Å². The first-order valence-electron chi connectivity index (χ1n) is 6.33. The van der Waals surface area contributed by atoms with E-state index in [0.717, 1.165) is 24.8 Å². The number of piperidine rings is 1. The molecule has 0 aliphatic carbocycles. The third-order valence-electron chi connectivity index (χ3n) is 2.65. The Kier molecular flexibility index (Phi) is 8.59. The molecule has 1 aliphatic heterocycles. The molecule has 0 aromatic heterocycles. The summed E-state index contributed by atoms with van der Waals surface area (Å²) in [5.41, 5.74) is 0. The topological polar surface area (TPSA) is 15.6 Å². The van der Waals surface area contributed by atoms with Crippen LogP contribution in [0.3, 0.4) is 0 Å². The summed E-state index contributed by atoms with van der Waals surface area (Å²) in [5.74, 6) is 1.76. The maximum absolute atomic E-state index is 4.28. The fourth-order valence-corrected chi connectivity index (χ4v) is 1.56. The first-order valence-corrected chi connectivity index (χ1v) is 6.33. The van der Waals surface area contributed by atoms with Crippen molar-refractivity contribution in [2.24, 2.45) is 10.9 Å². The van der Waals surface area contributed by atoms with E-state index in [0.29, 0.717) is 0 Å². The van der Waals surface area contributed by atoms with Gasteiger partial charge in [0.2, 0.25) is 0 Å². The zero-order chi connectivity index (χ0) is 12.4. The summed E-state index contributed by atoms with van der Waals surface area (Å²) in [6.07, 6.45) is 8.23. The third kappa shape index (κ3) is 5.74. The minimum atomic E-state index is 0.860. The van der Waals surface area contributed by atoms with Crippen molar-refractivity contribution in [3.63, 3.8) is 0 Å². The molecule has 1 heterocycles. The molecule has 0 amide bonds. The molecule has 1 saturated heterocycles. The highest BCUT2D eigenvalue weighted by Crippen LogP contribution is 2.19. The molecule has 0 saturated carbocycles. The van der Waals surface area contributed by atoms with Crippen LogP contribution in [0.1, 0.15) is 40.5 Å². The lowest BCUT2D eigenvalue weighted by atomic mass is 9.99. The van der Waals surface area contributed by atoms with Gasteiger partial charge in [-0.25, -0.2) is 4.99 Å². The van der Waals surface area contributed by atoms with E-state index in [1.807, 2.05) is 32.9 Å². The van der Waals surface area contributed by atoms with E-state index in [-0.39, 0.29) is 0 Å². The van der Waals surface area contributed by atoms with Crippen LogP contribution in [0.4, 0.5) is 0 Å². The van der Waals surface area contributed by atoms with Gasteiger partial charge in [-0.1, -0.05) is 33.4 Å². The van der Waals surface area contributed by atoms with Crippen LogP contribution in [-0.2, 0) is 0 Å². The standard InChI is InChI=1S/C12H20N2.C2H6/c1-4-5-8-13-12(3)14-9-6-11(2)7-10-14;1-2/h4-5,8,11H,3,6-7,9-10H2,1-2H3;1-2H3/b5-4-,13-8-;. The highest BCUT2D eigenvalue weighted by Gasteiger charge is 2.15. The van der Waals surface area contributed by atoms with Crippen molar-refractivity contribution in [2.45, 2.75) is 40.5 Å². The minimum Gasteiger partial charge on any atom is -0.357 e. The van der Waals surface area contributed by atoms with Gasteiger partial charge in [0.1, 0.15) is 5.82 Å². The van der Waals surface area contributed by atoms with Crippen molar-refractivity contribution in [3.05, 3.63) is 24.6 Å². The molecular formula is C14H26N2. The molecule has 0 aromatic rings. The summed E-state index contributed by atoms with van der Waals surface area (Å²) < 4.78 is 0. The number of nitrogens with zero attached hydrogens (tertiary/aromatic N) is 2. The van der Waals surface area contributed by atoms with E-state index in [9.17, 15) is 0 Å². The highest BCUT2D eigenvalue weighted by molar-refractivity contribution is 5.71. The lowest BCUT2D eigenvalue weighted by Crippen LogP contribution is -2.31. The van der Waals surface area contributed by atoms with Gasteiger partial charge in [0.25, 0.3) is 0 Å².